The van der Waals surface area contributed by atoms with Crippen molar-refractivity contribution in [1.29, 1.82) is 0 Å². The van der Waals surface area contributed by atoms with Crippen molar-refractivity contribution in [2.45, 2.75) is 39.3 Å². The van der Waals surface area contributed by atoms with Gasteiger partial charge in [0.1, 0.15) is 11.5 Å². The van der Waals surface area contributed by atoms with Crippen LogP contribution >= 0.6 is 0 Å². The Hall–Kier alpha value is -2.80. The monoisotopic (exact) mass is 364 g/mol. The summed E-state index contributed by atoms with van der Waals surface area (Å²) >= 11 is 0. The maximum absolute atomic E-state index is 5.52. The van der Waals surface area contributed by atoms with Crippen LogP contribution in [0, 0.1) is 0 Å². The molecule has 140 valence electrons. The summed E-state index contributed by atoms with van der Waals surface area (Å²) in [4.78, 5) is 16.1. The fourth-order valence-electron chi connectivity index (χ4n) is 3.25. The van der Waals surface area contributed by atoms with Crippen molar-refractivity contribution in [3.63, 3.8) is 0 Å². The van der Waals surface area contributed by atoms with E-state index < -0.39 is 0 Å². The molecule has 1 N–H and O–H groups in total. The van der Waals surface area contributed by atoms with E-state index in [9.17, 15) is 0 Å². The van der Waals surface area contributed by atoms with Gasteiger partial charge in [0.05, 0.1) is 17.9 Å². The number of anilines is 1. The molecule has 1 aliphatic rings. The Bertz CT molecular complexity index is 921. The van der Waals surface area contributed by atoms with E-state index in [1.165, 1.54) is 5.56 Å². The predicted molar refractivity (Wildman–Crippen MR) is 103 cm³/mol. The lowest BCUT2D eigenvalue weighted by Crippen LogP contribution is -2.29. The summed E-state index contributed by atoms with van der Waals surface area (Å²) in [6.45, 7) is 6.51. The second kappa shape index (κ2) is 7.44. The first-order chi connectivity index (χ1) is 13.1. The van der Waals surface area contributed by atoms with E-state index in [-0.39, 0.29) is 0 Å². The molecule has 27 heavy (non-hydrogen) atoms. The number of nitrogens with zero attached hydrogens (tertiary/aromatic N) is 5. The van der Waals surface area contributed by atoms with Gasteiger partial charge in [0.2, 0.25) is 0 Å². The first-order valence-electron chi connectivity index (χ1n) is 9.30. The summed E-state index contributed by atoms with van der Waals surface area (Å²) in [6, 6.07) is 7.81. The van der Waals surface area contributed by atoms with Crippen molar-refractivity contribution in [3.05, 3.63) is 53.2 Å². The summed E-state index contributed by atoms with van der Waals surface area (Å²) in [5, 5.41) is 7.55. The SMILES string of the molecule is CC(C)c1cc(CN(C)c2nc(-c3ccccn3)nc3c2CCNC3)on1. The minimum Gasteiger partial charge on any atom is -0.359 e. The molecule has 0 radical (unpaired) electrons. The Labute approximate surface area is 158 Å². The molecule has 0 aromatic carbocycles. The molecular weight excluding hydrogens is 340 g/mol. The van der Waals surface area contributed by atoms with Gasteiger partial charge in [0.25, 0.3) is 0 Å². The number of nitrogens with one attached hydrogen (secondary N) is 1. The van der Waals surface area contributed by atoms with Crippen molar-refractivity contribution < 1.29 is 4.52 Å². The van der Waals surface area contributed by atoms with Crippen LogP contribution in [0.25, 0.3) is 11.5 Å². The summed E-state index contributed by atoms with van der Waals surface area (Å²) in [7, 11) is 2.03. The number of rotatable bonds is 5. The summed E-state index contributed by atoms with van der Waals surface area (Å²) in [5.41, 5.74) is 3.99. The molecule has 0 aliphatic carbocycles. The zero-order chi connectivity index (χ0) is 18.8. The molecule has 0 saturated heterocycles. The highest BCUT2D eigenvalue weighted by molar-refractivity contribution is 5.58. The minimum atomic E-state index is 0.349. The largest absolute Gasteiger partial charge is 0.359 e. The molecule has 0 unspecified atom stereocenters. The maximum Gasteiger partial charge on any atom is 0.180 e. The molecule has 4 rings (SSSR count). The van der Waals surface area contributed by atoms with E-state index >= 15 is 0 Å². The number of aromatic nitrogens is 4. The van der Waals surface area contributed by atoms with E-state index in [0.29, 0.717) is 18.3 Å². The number of pyridine rings is 1. The standard InChI is InChI=1S/C20H24N6O/c1-13(2)17-10-14(27-25-17)12-26(3)20-15-7-9-21-11-18(15)23-19(24-20)16-6-4-5-8-22-16/h4-6,8,10,13,21H,7,9,11-12H2,1-3H3. The van der Waals surface area contributed by atoms with Gasteiger partial charge in [0.15, 0.2) is 11.6 Å². The second-order valence-electron chi connectivity index (χ2n) is 7.17. The molecule has 0 saturated carbocycles. The Morgan fingerprint density at radius 2 is 2.15 bits per heavy atom. The fraction of sp³-hybridized carbons (Fsp3) is 0.400. The van der Waals surface area contributed by atoms with Crippen molar-refractivity contribution in [2.75, 3.05) is 18.5 Å². The summed E-state index contributed by atoms with van der Waals surface area (Å²) in [6.07, 6.45) is 2.67. The third-order valence-corrected chi connectivity index (χ3v) is 4.73. The van der Waals surface area contributed by atoms with E-state index in [2.05, 4.69) is 34.2 Å². The van der Waals surface area contributed by atoms with Gasteiger partial charge in [-0.2, -0.15) is 0 Å². The van der Waals surface area contributed by atoms with E-state index in [1.807, 2.05) is 31.3 Å². The Morgan fingerprint density at radius 3 is 2.89 bits per heavy atom. The van der Waals surface area contributed by atoms with E-state index in [1.54, 1.807) is 6.20 Å². The molecule has 0 atom stereocenters. The number of hydrogen-bond donors (Lipinski definition) is 1. The molecule has 3 aromatic rings. The predicted octanol–water partition coefficient (Wildman–Crippen LogP) is 2.93. The third kappa shape index (κ3) is 3.68. The van der Waals surface area contributed by atoms with Gasteiger partial charge < -0.3 is 14.7 Å². The highest BCUT2D eigenvalue weighted by Gasteiger charge is 2.22. The van der Waals surface area contributed by atoms with Crippen LogP contribution in [0.1, 0.15) is 42.5 Å². The van der Waals surface area contributed by atoms with Crippen molar-refractivity contribution in [1.82, 2.24) is 25.4 Å². The van der Waals surface area contributed by atoms with Gasteiger partial charge in [-0.3, -0.25) is 4.98 Å². The van der Waals surface area contributed by atoms with Crippen LogP contribution in [-0.4, -0.2) is 33.7 Å². The van der Waals surface area contributed by atoms with E-state index in [0.717, 1.165) is 48.2 Å². The van der Waals surface area contributed by atoms with Crippen molar-refractivity contribution >= 4 is 5.82 Å². The summed E-state index contributed by atoms with van der Waals surface area (Å²) < 4.78 is 5.52. The Morgan fingerprint density at radius 1 is 1.26 bits per heavy atom. The third-order valence-electron chi connectivity index (χ3n) is 4.73. The van der Waals surface area contributed by atoms with Crippen LogP contribution in [-0.2, 0) is 19.5 Å². The van der Waals surface area contributed by atoms with Gasteiger partial charge >= 0.3 is 0 Å². The number of hydrogen-bond acceptors (Lipinski definition) is 7. The first kappa shape index (κ1) is 17.6. The highest BCUT2D eigenvalue weighted by Crippen LogP contribution is 2.27. The minimum absolute atomic E-state index is 0.349. The maximum atomic E-state index is 5.52. The van der Waals surface area contributed by atoms with Crippen LogP contribution in [0.3, 0.4) is 0 Å². The van der Waals surface area contributed by atoms with Crippen molar-refractivity contribution in [3.8, 4) is 11.5 Å². The van der Waals surface area contributed by atoms with Crippen LogP contribution in [0.15, 0.2) is 35.0 Å². The highest BCUT2D eigenvalue weighted by atomic mass is 16.5. The zero-order valence-corrected chi connectivity index (χ0v) is 15.9. The smallest absolute Gasteiger partial charge is 0.180 e. The molecule has 4 heterocycles. The molecule has 1 aliphatic heterocycles. The van der Waals surface area contributed by atoms with Crippen LogP contribution < -0.4 is 10.2 Å². The first-order valence-corrected chi connectivity index (χ1v) is 9.30. The molecule has 0 spiro atoms. The molecule has 3 aromatic heterocycles. The van der Waals surface area contributed by atoms with Gasteiger partial charge in [-0.25, -0.2) is 9.97 Å². The van der Waals surface area contributed by atoms with Crippen molar-refractivity contribution in [2.24, 2.45) is 0 Å². The van der Waals surface area contributed by atoms with Crippen LogP contribution in [0.4, 0.5) is 5.82 Å². The van der Waals surface area contributed by atoms with Gasteiger partial charge in [-0.15, -0.1) is 0 Å². The molecule has 7 nitrogen and oxygen atoms in total. The average molecular weight is 364 g/mol. The van der Waals surface area contributed by atoms with Gasteiger partial charge in [-0.05, 0) is 31.0 Å². The Kier molecular flexibility index (Phi) is 4.85. The lowest BCUT2D eigenvalue weighted by molar-refractivity contribution is 0.374. The van der Waals surface area contributed by atoms with Gasteiger partial charge in [-0.1, -0.05) is 25.1 Å². The van der Waals surface area contributed by atoms with Crippen LogP contribution in [0.5, 0.6) is 0 Å². The summed E-state index contributed by atoms with van der Waals surface area (Å²) in [5.74, 6) is 2.77. The molecule has 7 heteroatoms. The topological polar surface area (TPSA) is 80.0 Å². The lowest BCUT2D eigenvalue weighted by Gasteiger charge is -2.25. The molecule has 0 fully saturated rings. The van der Waals surface area contributed by atoms with Crippen LogP contribution in [0.2, 0.25) is 0 Å². The normalized spacial score (nSPS) is 13.6. The Balaban J connectivity index is 1.69. The molecular formula is C20H24N6O. The average Bonchev–Trinajstić information content (AvgIpc) is 3.16. The molecule has 0 bridgehead atoms. The zero-order valence-electron chi connectivity index (χ0n) is 15.9. The quantitative estimate of drug-likeness (QED) is 0.745. The van der Waals surface area contributed by atoms with Gasteiger partial charge in [0, 0.05) is 31.4 Å². The van der Waals surface area contributed by atoms with E-state index in [4.69, 9.17) is 14.5 Å². The number of fused-ring (bicyclic) bond motifs is 1. The molecule has 0 amide bonds. The second-order valence-corrected chi connectivity index (χ2v) is 7.17. The lowest BCUT2D eigenvalue weighted by atomic mass is 10.1. The fourth-order valence-corrected chi connectivity index (χ4v) is 3.25.